The number of likely N-dealkylation sites (N-methyl/N-ethyl adjacent to an activating group) is 1. The summed E-state index contributed by atoms with van der Waals surface area (Å²) in [5, 5.41) is 5.66. The number of likely N-dealkylation sites (tertiary alicyclic amines) is 1. The molecule has 0 aromatic carbocycles. The maximum atomic E-state index is 12.7. The average molecular weight is 372 g/mol. The standard InChI is InChI=1S/C19H24N4O4/c1-2-20-19(26)16-11-15(21-18(25)14-6-10-27-13-14)12-23(16)17(24)5-9-22-7-3-4-8-22/h3-4,6-8,10,13,15-16H,2,5,9,11-12H2,1H3,(H,20,26)(H,21,25). The molecule has 1 aliphatic heterocycles. The number of aromatic nitrogens is 1. The SMILES string of the molecule is CCNC(=O)C1CC(NC(=O)c2ccoc2)CN1C(=O)CCn1cccc1. The van der Waals surface area contributed by atoms with E-state index in [1.165, 1.54) is 12.5 Å². The van der Waals surface area contributed by atoms with Crippen LogP contribution in [0.4, 0.5) is 0 Å². The molecule has 1 saturated heterocycles. The van der Waals surface area contributed by atoms with E-state index in [2.05, 4.69) is 10.6 Å². The van der Waals surface area contributed by atoms with Gasteiger partial charge in [-0.3, -0.25) is 14.4 Å². The fourth-order valence-corrected chi connectivity index (χ4v) is 3.31. The van der Waals surface area contributed by atoms with Crippen molar-refractivity contribution in [2.75, 3.05) is 13.1 Å². The van der Waals surface area contributed by atoms with E-state index in [4.69, 9.17) is 4.42 Å². The Hall–Kier alpha value is -3.03. The number of carbonyl (C=O) groups excluding carboxylic acids is 3. The lowest BCUT2D eigenvalue weighted by Gasteiger charge is -2.23. The van der Waals surface area contributed by atoms with Crippen LogP contribution < -0.4 is 10.6 Å². The Balaban J connectivity index is 1.64. The van der Waals surface area contributed by atoms with Crippen molar-refractivity contribution in [3.63, 3.8) is 0 Å². The minimum atomic E-state index is -0.572. The lowest BCUT2D eigenvalue weighted by atomic mass is 10.1. The lowest BCUT2D eigenvalue weighted by Crippen LogP contribution is -2.46. The van der Waals surface area contributed by atoms with Gasteiger partial charge in [-0.15, -0.1) is 0 Å². The summed E-state index contributed by atoms with van der Waals surface area (Å²) in [5.41, 5.74) is 0.418. The van der Waals surface area contributed by atoms with Crippen LogP contribution in [-0.4, -0.2) is 52.4 Å². The van der Waals surface area contributed by atoms with Gasteiger partial charge in [-0.05, 0) is 31.5 Å². The zero-order chi connectivity index (χ0) is 19.2. The van der Waals surface area contributed by atoms with Gasteiger partial charge in [0, 0.05) is 44.5 Å². The molecule has 0 bridgehead atoms. The molecular weight excluding hydrogens is 348 g/mol. The molecule has 2 aromatic heterocycles. The third-order valence-electron chi connectivity index (χ3n) is 4.64. The van der Waals surface area contributed by atoms with Crippen molar-refractivity contribution < 1.29 is 18.8 Å². The Bertz CT molecular complexity index is 770. The fourth-order valence-electron chi connectivity index (χ4n) is 3.31. The average Bonchev–Trinajstić information content (AvgIpc) is 3.40. The molecule has 1 aliphatic rings. The lowest BCUT2D eigenvalue weighted by molar-refractivity contribution is -0.138. The molecule has 8 nitrogen and oxygen atoms in total. The predicted molar refractivity (Wildman–Crippen MR) is 97.8 cm³/mol. The van der Waals surface area contributed by atoms with Crippen LogP contribution in [0, 0.1) is 0 Å². The molecule has 2 atom stereocenters. The molecule has 3 heterocycles. The Labute approximate surface area is 157 Å². The monoisotopic (exact) mass is 372 g/mol. The topological polar surface area (TPSA) is 96.6 Å². The van der Waals surface area contributed by atoms with E-state index in [9.17, 15) is 14.4 Å². The molecule has 8 heteroatoms. The van der Waals surface area contributed by atoms with E-state index in [-0.39, 0.29) is 23.8 Å². The first kappa shape index (κ1) is 18.8. The quantitative estimate of drug-likeness (QED) is 0.758. The van der Waals surface area contributed by atoms with Gasteiger partial charge in [-0.25, -0.2) is 0 Å². The number of rotatable bonds is 7. The van der Waals surface area contributed by atoms with Crippen molar-refractivity contribution >= 4 is 17.7 Å². The number of nitrogens with zero attached hydrogens (tertiary/aromatic N) is 2. The predicted octanol–water partition coefficient (Wildman–Crippen LogP) is 1.01. The highest BCUT2D eigenvalue weighted by atomic mass is 16.3. The summed E-state index contributed by atoms with van der Waals surface area (Å²) in [6.07, 6.45) is 7.28. The summed E-state index contributed by atoms with van der Waals surface area (Å²) < 4.78 is 6.85. The molecule has 2 aromatic rings. The molecule has 0 aliphatic carbocycles. The van der Waals surface area contributed by atoms with Gasteiger partial charge in [0.25, 0.3) is 5.91 Å². The van der Waals surface area contributed by atoms with E-state index in [0.29, 0.717) is 38.0 Å². The Morgan fingerprint density at radius 1 is 1.26 bits per heavy atom. The Morgan fingerprint density at radius 2 is 2.04 bits per heavy atom. The number of hydrogen-bond donors (Lipinski definition) is 2. The second kappa shape index (κ2) is 8.57. The zero-order valence-corrected chi connectivity index (χ0v) is 15.3. The van der Waals surface area contributed by atoms with Crippen molar-refractivity contribution in [3.05, 3.63) is 48.7 Å². The summed E-state index contributed by atoms with van der Waals surface area (Å²) >= 11 is 0. The first-order valence-corrected chi connectivity index (χ1v) is 9.09. The summed E-state index contributed by atoms with van der Waals surface area (Å²) in [6, 6.07) is 4.52. The fraction of sp³-hybridized carbons (Fsp3) is 0.421. The summed E-state index contributed by atoms with van der Waals surface area (Å²) in [5.74, 6) is -0.558. The van der Waals surface area contributed by atoms with Crippen LogP contribution in [0.3, 0.4) is 0 Å². The Morgan fingerprint density at radius 3 is 2.70 bits per heavy atom. The first-order valence-electron chi connectivity index (χ1n) is 9.09. The van der Waals surface area contributed by atoms with Crippen molar-refractivity contribution in [1.82, 2.24) is 20.1 Å². The molecule has 1 fully saturated rings. The smallest absolute Gasteiger partial charge is 0.254 e. The van der Waals surface area contributed by atoms with Crippen LogP contribution in [0.25, 0.3) is 0 Å². The zero-order valence-electron chi connectivity index (χ0n) is 15.3. The van der Waals surface area contributed by atoms with Crippen LogP contribution in [-0.2, 0) is 16.1 Å². The number of amides is 3. The molecule has 0 radical (unpaired) electrons. The number of hydrogen-bond acceptors (Lipinski definition) is 4. The highest BCUT2D eigenvalue weighted by molar-refractivity contribution is 5.94. The maximum Gasteiger partial charge on any atom is 0.254 e. The van der Waals surface area contributed by atoms with Gasteiger partial charge in [0.15, 0.2) is 0 Å². The van der Waals surface area contributed by atoms with Crippen LogP contribution in [0.5, 0.6) is 0 Å². The molecule has 3 rings (SSSR count). The highest BCUT2D eigenvalue weighted by Gasteiger charge is 2.39. The van der Waals surface area contributed by atoms with Crippen molar-refractivity contribution in [1.29, 1.82) is 0 Å². The molecule has 144 valence electrons. The summed E-state index contributed by atoms with van der Waals surface area (Å²) in [7, 11) is 0. The van der Waals surface area contributed by atoms with Gasteiger partial charge in [-0.2, -0.15) is 0 Å². The van der Waals surface area contributed by atoms with Crippen molar-refractivity contribution in [2.24, 2.45) is 0 Å². The maximum absolute atomic E-state index is 12.7. The molecule has 2 unspecified atom stereocenters. The number of nitrogens with one attached hydrogen (secondary N) is 2. The number of aryl methyl sites for hydroxylation is 1. The normalized spacial score (nSPS) is 19.1. The molecule has 3 amide bonds. The molecule has 2 N–H and O–H groups in total. The minimum Gasteiger partial charge on any atom is -0.472 e. The van der Waals surface area contributed by atoms with Crippen LogP contribution in [0.15, 0.2) is 47.5 Å². The van der Waals surface area contributed by atoms with Crippen molar-refractivity contribution in [3.8, 4) is 0 Å². The van der Waals surface area contributed by atoms with Gasteiger partial charge in [-0.1, -0.05) is 0 Å². The number of furan rings is 1. The van der Waals surface area contributed by atoms with E-state index in [0.717, 1.165) is 0 Å². The first-order chi connectivity index (χ1) is 13.1. The summed E-state index contributed by atoms with van der Waals surface area (Å²) in [6.45, 7) is 3.20. The second-order valence-corrected chi connectivity index (χ2v) is 6.55. The molecule has 27 heavy (non-hydrogen) atoms. The third-order valence-corrected chi connectivity index (χ3v) is 4.64. The minimum absolute atomic E-state index is 0.0972. The van der Waals surface area contributed by atoms with E-state index < -0.39 is 6.04 Å². The van der Waals surface area contributed by atoms with Gasteiger partial charge in [0.1, 0.15) is 12.3 Å². The van der Waals surface area contributed by atoms with E-state index >= 15 is 0 Å². The van der Waals surface area contributed by atoms with Crippen LogP contribution >= 0.6 is 0 Å². The molecule has 0 saturated carbocycles. The largest absolute Gasteiger partial charge is 0.472 e. The van der Waals surface area contributed by atoms with Crippen LogP contribution in [0.2, 0.25) is 0 Å². The van der Waals surface area contributed by atoms with Crippen molar-refractivity contribution in [2.45, 2.75) is 38.4 Å². The van der Waals surface area contributed by atoms with Gasteiger partial charge in [0.05, 0.1) is 11.8 Å². The highest BCUT2D eigenvalue weighted by Crippen LogP contribution is 2.20. The van der Waals surface area contributed by atoms with Gasteiger partial charge < -0.3 is 24.5 Å². The molecular formula is C19H24N4O4. The van der Waals surface area contributed by atoms with E-state index in [1.54, 1.807) is 11.0 Å². The third kappa shape index (κ3) is 4.58. The van der Waals surface area contributed by atoms with Gasteiger partial charge in [0.2, 0.25) is 11.8 Å². The number of carbonyl (C=O) groups is 3. The van der Waals surface area contributed by atoms with Gasteiger partial charge >= 0.3 is 0 Å². The Kier molecular flexibility index (Phi) is 5.95. The van der Waals surface area contributed by atoms with Crippen LogP contribution in [0.1, 0.15) is 30.1 Å². The summed E-state index contributed by atoms with van der Waals surface area (Å²) in [4.78, 5) is 39.0. The second-order valence-electron chi connectivity index (χ2n) is 6.55. The van der Waals surface area contributed by atoms with E-state index in [1.807, 2.05) is 36.0 Å². The molecule has 0 spiro atoms.